The average molecular weight is 341 g/mol. The summed E-state index contributed by atoms with van der Waals surface area (Å²) < 4.78 is 5.47. The first kappa shape index (κ1) is 22.7. The Kier molecular flexibility index (Phi) is 15.6. The molecule has 0 heterocycles. The van der Waals surface area contributed by atoms with Gasteiger partial charge in [0.05, 0.1) is 0 Å². The summed E-state index contributed by atoms with van der Waals surface area (Å²) in [5.74, 6) is -0.884. The number of carbonyl (C=O) groups is 2. The first-order valence-corrected chi connectivity index (χ1v) is 9.68. The number of esters is 1. The summed E-state index contributed by atoms with van der Waals surface area (Å²) >= 11 is 0. The highest BCUT2D eigenvalue weighted by Gasteiger charge is 2.09. The van der Waals surface area contributed by atoms with Crippen LogP contribution in [0.2, 0.25) is 0 Å². The number of ether oxygens (including phenoxy) is 1. The molecule has 0 saturated carbocycles. The molecule has 24 heavy (non-hydrogen) atoms. The van der Waals surface area contributed by atoms with Crippen LogP contribution in [0.5, 0.6) is 0 Å². The quantitative estimate of drug-likeness (QED) is 0.224. The minimum absolute atomic E-state index is 0.132. The topological polar surface area (TPSA) is 63.6 Å². The third kappa shape index (κ3) is 15.6. The van der Waals surface area contributed by atoms with Crippen molar-refractivity contribution in [2.75, 3.05) is 0 Å². The van der Waals surface area contributed by atoms with Crippen molar-refractivity contribution in [1.29, 1.82) is 0 Å². The van der Waals surface area contributed by atoms with E-state index in [4.69, 9.17) is 9.84 Å². The van der Waals surface area contributed by atoms with Crippen molar-refractivity contribution in [3.8, 4) is 0 Å². The van der Waals surface area contributed by atoms with Crippen LogP contribution in [0, 0.1) is 0 Å². The van der Waals surface area contributed by atoms with Crippen molar-refractivity contribution in [2.24, 2.45) is 0 Å². The molecule has 0 amide bonds. The normalized spacial score (nSPS) is 12.4. The van der Waals surface area contributed by atoms with Gasteiger partial charge in [-0.1, -0.05) is 58.4 Å². The lowest BCUT2D eigenvalue weighted by atomic mass is 10.1. The van der Waals surface area contributed by atoms with E-state index >= 15 is 0 Å². The number of carboxylic acid groups (broad SMARTS) is 1. The Balaban J connectivity index is 3.95. The van der Waals surface area contributed by atoms with Crippen LogP contribution in [0.25, 0.3) is 0 Å². The van der Waals surface area contributed by atoms with Crippen molar-refractivity contribution >= 4 is 11.9 Å². The molecule has 0 saturated heterocycles. The van der Waals surface area contributed by atoms with Gasteiger partial charge in [0, 0.05) is 12.8 Å². The molecule has 0 aromatic carbocycles. The van der Waals surface area contributed by atoms with Gasteiger partial charge in [-0.25, -0.2) is 0 Å². The van der Waals surface area contributed by atoms with Crippen LogP contribution in [0.4, 0.5) is 0 Å². The Bertz CT molecular complexity index is 350. The van der Waals surface area contributed by atoms with E-state index in [0.29, 0.717) is 6.42 Å². The molecule has 0 aliphatic rings. The fourth-order valence-electron chi connectivity index (χ4n) is 2.54. The molecule has 0 radical (unpaired) electrons. The maximum Gasteiger partial charge on any atom is 0.306 e. The standard InChI is InChI=1S/C20H36O4/c1-3-5-6-7-8-9-12-15-18(24-20(23)4-2)16-13-10-11-14-17-19(21)22/h12,15,18H,3-11,13-14,16-17H2,1-2H3,(H,21,22)/b15-12-. The van der Waals surface area contributed by atoms with Gasteiger partial charge in [-0.2, -0.15) is 0 Å². The summed E-state index contributed by atoms with van der Waals surface area (Å²) in [4.78, 5) is 22.0. The van der Waals surface area contributed by atoms with Crippen LogP contribution < -0.4 is 0 Å². The van der Waals surface area contributed by atoms with E-state index in [-0.39, 0.29) is 18.5 Å². The Morgan fingerprint density at radius 3 is 2.29 bits per heavy atom. The number of carboxylic acids is 1. The first-order chi connectivity index (χ1) is 11.6. The highest BCUT2D eigenvalue weighted by molar-refractivity contribution is 5.69. The second-order valence-electron chi connectivity index (χ2n) is 6.36. The summed E-state index contributed by atoms with van der Waals surface area (Å²) in [5.41, 5.74) is 0. The third-order valence-electron chi connectivity index (χ3n) is 4.03. The predicted molar refractivity (Wildman–Crippen MR) is 98.0 cm³/mol. The fraction of sp³-hybridized carbons (Fsp3) is 0.800. The van der Waals surface area contributed by atoms with Gasteiger partial charge in [-0.3, -0.25) is 9.59 Å². The minimum atomic E-state index is -0.730. The lowest BCUT2D eigenvalue weighted by Crippen LogP contribution is -2.15. The van der Waals surface area contributed by atoms with Gasteiger partial charge in [0.15, 0.2) is 0 Å². The van der Waals surface area contributed by atoms with Gasteiger partial charge in [-0.15, -0.1) is 0 Å². The molecule has 4 nitrogen and oxygen atoms in total. The van der Waals surface area contributed by atoms with E-state index < -0.39 is 5.97 Å². The van der Waals surface area contributed by atoms with Gasteiger partial charge >= 0.3 is 11.9 Å². The molecule has 4 heteroatoms. The summed E-state index contributed by atoms with van der Waals surface area (Å²) in [6.45, 7) is 4.02. The van der Waals surface area contributed by atoms with Crippen LogP contribution in [0.1, 0.15) is 97.3 Å². The van der Waals surface area contributed by atoms with Crippen molar-refractivity contribution in [2.45, 2.75) is 103 Å². The Morgan fingerprint density at radius 2 is 1.62 bits per heavy atom. The molecule has 0 fully saturated rings. The van der Waals surface area contributed by atoms with Gasteiger partial charge in [0.1, 0.15) is 6.10 Å². The van der Waals surface area contributed by atoms with Gasteiger partial charge in [-0.05, 0) is 38.2 Å². The summed E-state index contributed by atoms with van der Waals surface area (Å²) in [6, 6.07) is 0. The van der Waals surface area contributed by atoms with Crippen LogP contribution in [-0.4, -0.2) is 23.1 Å². The number of rotatable bonds is 16. The average Bonchev–Trinajstić information content (AvgIpc) is 2.56. The minimum Gasteiger partial charge on any atom is -0.481 e. The first-order valence-electron chi connectivity index (χ1n) is 9.68. The number of aliphatic carboxylic acids is 1. The molecule has 1 atom stereocenters. The second-order valence-corrected chi connectivity index (χ2v) is 6.36. The zero-order chi connectivity index (χ0) is 18.0. The van der Waals surface area contributed by atoms with Crippen LogP contribution >= 0.6 is 0 Å². The molecule has 0 aromatic rings. The zero-order valence-corrected chi connectivity index (χ0v) is 15.6. The number of carbonyl (C=O) groups excluding carboxylic acids is 1. The lowest BCUT2D eigenvalue weighted by molar-refractivity contribution is -0.146. The van der Waals surface area contributed by atoms with Crippen LogP contribution in [0.3, 0.4) is 0 Å². The van der Waals surface area contributed by atoms with E-state index in [0.717, 1.165) is 38.5 Å². The maximum absolute atomic E-state index is 11.5. The highest BCUT2D eigenvalue weighted by Crippen LogP contribution is 2.13. The third-order valence-corrected chi connectivity index (χ3v) is 4.03. The summed E-state index contributed by atoms with van der Waals surface area (Å²) in [6.07, 6.45) is 16.5. The summed E-state index contributed by atoms with van der Waals surface area (Å²) in [7, 11) is 0. The SMILES string of the molecule is CCCCCCC/C=C\C(CCCCCCC(=O)O)OC(=O)CC. The molecule has 0 bridgehead atoms. The fourth-order valence-corrected chi connectivity index (χ4v) is 2.54. The van der Waals surface area contributed by atoms with Crippen LogP contribution in [-0.2, 0) is 14.3 Å². The Morgan fingerprint density at radius 1 is 0.958 bits per heavy atom. The molecule has 0 spiro atoms. The largest absolute Gasteiger partial charge is 0.481 e. The molecule has 0 aromatic heterocycles. The monoisotopic (exact) mass is 340 g/mol. The highest BCUT2D eigenvalue weighted by atomic mass is 16.5. The molecule has 0 rings (SSSR count). The predicted octanol–water partition coefficient (Wildman–Crippen LogP) is 5.65. The van der Waals surface area contributed by atoms with E-state index in [1.54, 1.807) is 0 Å². The molecule has 140 valence electrons. The van der Waals surface area contributed by atoms with Crippen molar-refractivity contribution < 1.29 is 19.4 Å². The number of hydrogen-bond acceptors (Lipinski definition) is 3. The van der Waals surface area contributed by atoms with Crippen LogP contribution in [0.15, 0.2) is 12.2 Å². The van der Waals surface area contributed by atoms with Gasteiger partial charge in [0.2, 0.25) is 0 Å². The van der Waals surface area contributed by atoms with E-state index in [1.807, 2.05) is 13.0 Å². The molecule has 1 N–H and O–H groups in total. The van der Waals surface area contributed by atoms with E-state index in [1.165, 1.54) is 32.1 Å². The van der Waals surface area contributed by atoms with Crippen molar-refractivity contribution in [3.63, 3.8) is 0 Å². The number of unbranched alkanes of at least 4 members (excludes halogenated alkanes) is 8. The number of allylic oxidation sites excluding steroid dienone is 1. The van der Waals surface area contributed by atoms with E-state index in [9.17, 15) is 9.59 Å². The Hall–Kier alpha value is -1.32. The molecule has 0 aliphatic heterocycles. The molecular weight excluding hydrogens is 304 g/mol. The maximum atomic E-state index is 11.5. The number of hydrogen-bond donors (Lipinski definition) is 1. The lowest BCUT2D eigenvalue weighted by Gasteiger charge is -2.14. The molecule has 0 aliphatic carbocycles. The van der Waals surface area contributed by atoms with Crippen molar-refractivity contribution in [3.05, 3.63) is 12.2 Å². The smallest absolute Gasteiger partial charge is 0.306 e. The Labute approximate surface area is 147 Å². The van der Waals surface area contributed by atoms with E-state index in [2.05, 4.69) is 13.0 Å². The zero-order valence-electron chi connectivity index (χ0n) is 15.6. The van der Waals surface area contributed by atoms with Gasteiger partial charge in [0.25, 0.3) is 0 Å². The summed E-state index contributed by atoms with van der Waals surface area (Å²) in [5, 5.41) is 8.61. The van der Waals surface area contributed by atoms with Gasteiger partial charge < -0.3 is 9.84 Å². The molecular formula is C20H36O4. The van der Waals surface area contributed by atoms with Crippen molar-refractivity contribution in [1.82, 2.24) is 0 Å². The molecule has 1 unspecified atom stereocenters. The second kappa shape index (κ2) is 16.5.